The van der Waals surface area contributed by atoms with E-state index in [2.05, 4.69) is 69.9 Å². The van der Waals surface area contributed by atoms with Gasteiger partial charge in [-0.25, -0.2) is 0 Å². The Kier molecular flexibility index (Phi) is 10.7. The summed E-state index contributed by atoms with van der Waals surface area (Å²) in [4.78, 5) is 21.4. The van der Waals surface area contributed by atoms with Crippen molar-refractivity contribution >= 4 is 41.5 Å². The van der Waals surface area contributed by atoms with Gasteiger partial charge in [-0.15, -0.1) is 24.0 Å². The Labute approximate surface area is 198 Å². The predicted octanol–water partition coefficient (Wildman–Crippen LogP) is 1.90. The third kappa shape index (κ3) is 7.94. The molecule has 0 radical (unpaired) electrons. The topological polar surface area (TPSA) is 72.0 Å². The molecule has 1 heterocycles. The van der Waals surface area contributed by atoms with Crippen LogP contribution in [0, 0.1) is 5.92 Å². The molecule has 8 heteroatoms. The van der Waals surface area contributed by atoms with Crippen molar-refractivity contribution in [1.29, 1.82) is 0 Å². The number of anilines is 1. The summed E-state index contributed by atoms with van der Waals surface area (Å²) in [6.45, 7) is 11.4. The fraction of sp³-hybridized carbons (Fsp3) is 0.636. The lowest BCUT2D eigenvalue weighted by Gasteiger charge is -2.38. The van der Waals surface area contributed by atoms with Gasteiger partial charge in [-0.2, -0.15) is 0 Å². The summed E-state index contributed by atoms with van der Waals surface area (Å²) >= 11 is 0. The summed E-state index contributed by atoms with van der Waals surface area (Å²) in [6.07, 6.45) is 2.09. The second-order valence-corrected chi connectivity index (χ2v) is 7.92. The van der Waals surface area contributed by atoms with Crippen molar-refractivity contribution < 1.29 is 4.79 Å². The van der Waals surface area contributed by atoms with Crippen LogP contribution < -0.4 is 20.9 Å². The highest BCUT2D eigenvalue weighted by molar-refractivity contribution is 14.0. The van der Waals surface area contributed by atoms with Gasteiger partial charge >= 0.3 is 0 Å². The highest BCUT2D eigenvalue weighted by atomic mass is 127. The lowest BCUT2D eigenvalue weighted by molar-refractivity contribution is -0.122. The molecule has 0 spiro atoms. The van der Waals surface area contributed by atoms with E-state index in [1.165, 1.54) is 5.69 Å². The highest BCUT2D eigenvalue weighted by Gasteiger charge is 2.29. The number of piperazine rings is 1. The Hall–Kier alpha value is -1.55. The Morgan fingerprint density at radius 1 is 1.07 bits per heavy atom. The molecule has 168 valence electrons. The Morgan fingerprint density at radius 3 is 2.37 bits per heavy atom. The molecule has 2 aliphatic rings. The fourth-order valence-corrected chi connectivity index (χ4v) is 3.60. The zero-order valence-corrected chi connectivity index (χ0v) is 20.6. The summed E-state index contributed by atoms with van der Waals surface area (Å²) in [6, 6.07) is 11.0. The number of nitrogens with zero attached hydrogens (tertiary/aromatic N) is 3. The van der Waals surface area contributed by atoms with Crippen LogP contribution in [-0.2, 0) is 4.79 Å². The number of para-hydroxylation sites is 1. The molecule has 1 aliphatic heterocycles. The average molecular weight is 528 g/mol. The van der Waals surface area contributed by atoms with Gasteiger partial charge < -0.3 is 20.9 Å². The molecule has 2 fully saturated rings. The minimum absolute atomic E-state index is 0. The predicted molar refractivity (Wildman–Crippen MR) is 135 cm³/mol. The second kappa shape index (κ2) is 13.0. The first-order valence-electron chi connectivity index (χ1n) is 11.0. The van der Waals surface area contributed by atoms with E-state index in [1.54, 1.807) is 0 Å². The van der Waals surface area contributed by atoms with Crippen molar-refractivity contribution in [3.05, 3.63) is 30.3 Å². The maximum atomic E-state index is 11.7. The van der Waals surface area contributed by atoms with Gasteiger partial charge in [0.1, 0.15) is 0 Å². The molecular formula is C22H37IN6O. The Balaban J connectivity index is 0.00000320. The molecule has 0 bridgehead atoms. The summed E-state index contributed by atoms with van der Waals surface area (Å²) in [5.74, 6) is 1.28. The summed E-state index contributed by atoms with van der Waals surface area (Å²) in [5.41, 5.74) is 1.31. The number of aliphatic imine (C=N–C) groups is 1. The van der Waals surface area contributed by atoms with Gasteiger partial charge in [0, 0.05) is 63.5 Å². The lowest BCUT2D eigenvalue weighted by atomic mass is 10.2. The van der Waals surface area contributed by atoms with E-state index >= 15 is 0 Å². The number of hydrogen-bond donors (Lipinski definition) is 3. The first-order valence-corrected chi connectivity index (χ1v) is 11.0. The summed E-state index contributed by atoms with van der Waals surface area (Å²) in [5, 5.41) is 9.59. The van der Waals surface area contributed by atoms with E-state index in [4.69, 9.17) is 4.99 Å². The molecule has 1 amide bonds. The Bertz CT molecular complexity index is 659. The minimum atomic E-state index is 0. The summed E-state index contributed by atoms with van der Waals surface area (Å²) < 4.78 is 0. The van der Waals surface area contributed by atoms with Crippen LogP contribution >= 0.6 is 24.0 Å². The van der Waals surface area contributed by atoms with Gasteiger partial charge in [0.25, 0.3) is 0 Å². The molecular weight excluding hydrogens is 491 g/mol. The third-order valence-electron chi connectivity index (χ3n) is 5.58. The van der Waals surface area contributed by atoms with Crippen LogP contribution in [0.4, 0.5) is 5.69 Å². The SMILES string of the molecule is CCNC(=NCC(C)N1CCN(c2ccccc2)CC1)NCCNC(=O)C1CC1.I. The van der Waals surface area contributed by atoms with Crippen LogP contribution in [0.15, 0.2) is 35.3 Å². The van der Waals surface area contributed by atoms with E-state index in [0.717, 1.165) is 58.1 Å². The van der Waals surface area contributed by atoms with E-state index in [1.807, 2.05) is 0 Å². The molecule has 1 aromatic carbocycles. The van der Waals surface area contributed by atoms with Gasteiger partial charge in [-0.3, -0.25) is 14.7 Å². The molecule has 30 heavy (non-hydrogen) atoms. The minimum Gasteiger partial charge on any atom is -0.369 e. The van der Waals surface area contributed by atoms with E-state index < -0.39 is 0 Å². The quantitative estimate of drug-likeness (QED) is 0.198. The van der Waals surface area contributed by atoms with E-state index in [0.29, 0.717) is 19.1 Å². The average Bonchev–Trinajstić information content (AvgIpc) is 3.61. The van der Waals surface area contributed by atoms with Crippen molar-refractivity contribution in [3.63, 3.8) is 0 Å². The number of hydrogen-bond acceptors (Lipinski definition) is 4. The monoisotopic (exact) mass is 528 g/mol. The highest BCUT2D eigenvalue weighted by Crippen LogP contribution is 2.28. The number of halogens is 1. The molecule has 1 aliphatic carbocycles. The zero-order valence-electron chi connectivity index (χ0n) is 18.3. The zero-order chi connectivity index (χ0) is 20.5. The first-order chi connectivity index (χ1) is 14.2. The molecule has 1 unspecified atom stereocenters. The van der Waals surface area contributed by atoms with Gasteiger partial charge in [0.2, 0.25) is 5.91 Å². The normalized spacial score (nSPS) is 18.3. The van der Waals surface area contributed by atoms with Crippen molar-refractivity contribution in [2.45, 2.75) is 32.7 Å². The number of rotatable bonds is 9. The lowest BCUT2D eigenvalue weighted by Crippen LogP contribution is -2.50. The number of nitrogens with one attached hydrogen (secondary N) is 3. The second-order valence-electron chi connectivity index (χ2n) is 7.92. The van der Waals surface area contributed by atoms with Gasteiger partial charge in [-0.1, -0.05) is 18.2 Å². The van der Waals surface area contributed by atoms with Crippen molar-refractivity contribution in [1.82, 2.24) is 20.9 Å². The molecule has 0 aromatic heterocycles. The number of carbonyl (C=O) groups is 1. The molecule has 7 nitrogen and oxygen atoms in total. The number of carbonyl (C=O) groups excluding carboxylic acids is 1. The van der Waals surface area contributed by atoms with Gasteiger partial charge in [0.15, 0.2) is 5.96 Å². The van der Waals surface area contributed by atoms with Crippen molar-refractivity contribution in [3.8, 4) is 0 Å². The first kappa shape index (κ1) is 24.7. The summed E-state index contributed by atoms with van der Waals surface area (Å²) in [7, 11) is 0. The maximum absolute atomic E-state index is 11.7. The smallest absolute Gasteiger partial charge is 0.223 e. The fourth-order valence-electron chi connectivity index (χ4n) is 3.60. The number of guanidine groups is 1. The molecule has 3 N–H and O–H groups in total. The molecule has 1 atom stereocenters. The van der Waals surface area contributed by atoms with Gasteiger partial charge in [0.05, 0.1) is 6.54 Å². The number of amides is 1. The number of benzene rings is 1. The standard InChI is InChI=1S/C22H36N6O.HI/c1-3-23-22(25-12-11-24-21(29)19-9-10-19)26-17-18(2)27-13-15-28(16-14-27)20-7-5-4-6-8-20;/h4-8,18-19H,3,9-17H2,1-2H3,(H,24,29)(H2,23,25,26);1H. The molecule has 1 saturated heterocycles. The Morgan fingerprint density at radius 2 is 1.73 bits per heavy atom. The maximum Gasteiger partial charge on any atom is 0.223 e. The molecule has 1 aromatic rings. The molecule has 1 saturated carbocycles. The van der Waals surface area contributed by atoms with Gasteiger partial charge in [-0.05, 0) is 38.8 Å². The van der Waals surface area contributed by atoms with Crippen LogP contribution in [0.5, 0.6) is 0 Å². The van der Waals surface area contributed by atoms with Crippen LogP contribution in [0.25, 0.3) is 0 Å². The van der Waals surface area contributed by atoms with E-state index in [9.17, 15) is 4.79 Å². The third-order valence-corrected chi connectivity index (χ3v) is 5.58. The van der Waals surface area contributed by atoms with Crippen LogP contribution in [0.2, 0.25) is 0 Å². The van der Waals surface area contributed by atoms with E-state index in [-0.39, 0.29) is 35.8 Å². The largest absolute Gasteiger partial charge is 0.369 e. The van der Waals surface area contributed by atoms with Crippen LogP contribution in [-0.4, -0.2) is 75.2 Å². The van der Waals surface area contributed by atoms with Crippen LogP contribution in [0.1, 0.15) is 26.7 Å². The van der Waals surface area contributed by atoms with Crippen molar-refractivity contribution in [2.24, 2.45) is 10.9 Å². The van der Waals surface area contributed by atoms with Crippen LogP contribution in [0.3, 0.4) is 0 Å². The molecule has 3 rings (SSSR count). The van der Waals surface area contributed by atoms with Crippen molar-refractivity contribution in [2.75, 3.05) is 57.3 Å².